The van der Waals surface area contributed by atoms with Gasteiger partial charge >= 0.3 is 0 Å². The van der Waals surface area contributed by atoms with E-state index in [9.17, 15) is 0 Å². The molecule has 4 heteroatoms. The van der Waals surface area contributed by atoms with E-state index in [4.69, 9.17) is 11.6 Å². The lowest BCUT2D eigenvalue weighted by molar-refractivity contribution is 1.31. The highest BCUT2D eigenvalue weighted by atomic mass is 79.9. The Morgan fingerprint density at radius 2 is 1.44 bits per heavy atom. The maximum atomic E-state index is 5.93. The third kappa shape index (κ3) is 3.00. The summed E-state index contributed by atoms with van der Waals surface area (Å²) in [4.78, 5) is 0. The van der Waals surface area contributed by atoms with E-state index >= 15 is 0 Å². The largest absolute Gasteiger partial charge is 0.0877 e. The standard InChI is InChI=1S/C12H20BrClSi2/c1-15(2,3)16(4,5)12(13)10-6-8-11(14)9-7-10/h6-9,12H,1-5H3. The minimum atomic E-state index is -1.25. The Labute approximate surface area is 114 Å². The maximum Gasteiger partial charge on any atom is 0.0619 e. The number of rotatable bonds is 3. The molecular formula is C12H20BrClSi2. The Morgan fingerprint density at radius 1 is 1.00 bits per heavy atom. The molecule has 16 heavy (non-hydrogen) atoms. The lowest BCUT2D eigenvalue weighted by atomic mass is 10.2. The van der Waals surface area contributed by atoms with Crippen molar-refractivity contribution in [3.63, 3.8) is 0 Å². The van der Waals surface area contributed by atoms with Gasteiger partial charge in [0.1, 0.15) is 0 Å². The summed E-state index contributed by atoms with van der Waals surface area (Å²) < 4.78 is 0.531. The molecule has 0 saturated carbocycles. The number of benzene rings is 1. The summed E-state index contributed by atoms with van der Waals surface area (Å²) in [5.41, 5.74) is 1.38. The minimum Gasteiger partial charge on any atom is -0.0877 e. The van der Waals surface area contributed by atoms with E-state index in [1.54, 1.807) is 0 Å². The summed E-state index contributed by atoms with van der Waals surface area (Å²) in [6, 6.07) is 8.27. The number of hydrogen-bond acceptors (Lipinski definition) is 0. The molecule has 1 aromatic rings. The average molecular weight is 336 g/mol. The van der Waals surface area contributed by atoms with Gasteiger partial charge in [-0.25, -0.2) is 0 Å². The monoisotopic (exact) mass is 334 g/mol. The quantitative estimate of drug-likeness (QED) is 0.509. The van der Waals surface area contributed by atoms with Crippen molar-refractivity contribution in [1.29, 1.82) is 0 Å². The van der Waals surface area contributed by atoms with Gasteiger partial charge in [0, 0.05) is 17.1 Å². The smallest absolute Gasteiger partial charge is 0.0619 e. The number of hydrogen-bond donors (Lipinski definition) is 0. The molecule has 0 radical (unpaired) electrons. The molecule has 0 bridgehead atoms. The first-order chi connectivity index (χ1) is 7.16. The molecule has 0 heterocycles. The van der Waals surface area contributed by atoms with Gasteiger partial charge in [-0.05, 0) is 17.7 Å². The molecule has 1 rings (SSSR count). The number of halogens is 2. The second kappa shape index (κ2) is 4.96. The third-order valence-corrected chi connectivity index (χ3v) is 27.1. The van der Waals surface area contributed by atoms with Gasteiger partial charge in [0.05, 0.1) is 7.59 Å². The number of alkyl halides is 1. The highest BCUT2D eigenvalue weighted by molar-refractivity contribution is 9.10. The van der Waals surface area contributed by atoms with E-state index in [-0.39, 0.29) is 0 Å². The van der Waals surface area contributed by atoms with Crippen molar-refractivity contribution < 1.29 is 0 Å². The van der Waals surface area contributed by atoms with E-state index in [1.807, 2.05) is 12.1 Å². The summed E-state index contributed by atoms with van der Waals surface area (Å²) >= 11 is 9.85. The molecule has 0 nitrogen and oxygen atoms in total. The van der Waals surface area contributed by atoms with Crippen LogP contribution in [0.4, 0.5) is 0 Å². The fourth-order valence-corrected chi connectivity index (χ4v) is 12.6. The normalized spacial score (nSPS) is 14.9. The predicted molar refractivity (Wildman–Crippen MR) is 83.9 cm³/mol. The fourth-order valence-electron chi connectivity index (χ4n) is 1.43. The van der Waals surface area contributed by atoms with Crippen LogP contribution in [0.5, 0.6) is 0 Å². The molecule has 0 aliphatic heterocycles. The second-order valence-corrected chi connectivity index (χ2v) is 25.0. The van der Waals surface area contributed by atoms with Crippen LogP contribution >= 0.6 is 27.5 Å². The van der Waals surface area contributed by atoms with Crippen LogP contribution in [0.1, 0.15) is 10.0 Å². The van der Waals surface area contributed by atoms with Crippen molar-refractivity contribution >= 4 is 42.7 Å². The molecule has 0 aliphatic rings. The fraction of sp³-hybridized carbons (Fsp3) is 0.500. The highest BCUT2D eigenvalue weighted by Gasteiger charge is 2.42. The van der Waals surface area contributed by atoms with Crippen molar-refractivity contribution in [3.05, 3.63) is 34.9 Å². The van der Waals surface area contributed by atoms with Crippen LogP contribution in [-0.4, -0.2) is 15.2 Å². The Kier molecular flexibility index (Phi) is 4.49. The molecule has 0 amide bonds. The van der Waals surface area contributed by atoms with Crippen molar-refractivity contribution in [3.8, 4) is 0 Å². The zero-order valence-corrected chi connectivity index (χ0v) is 15.0. The maximum absolute atomic E-state index is 5.93. The Morgan fingerprint density at radius 3 is 1.81 bits per heavy atom. The van der Waals surface area contributed by atoms with E-state index < -0.39 is 15.2 Å². The molecule has 0 saturated heterocycles. The van der Waals surface area contributed by atoms with Crippen LogP contribution in [0.2, 0.25) is 37.8 Å². The molecule has 90 valence electrons. The predicted octanol–water partition coefficient (Wildman–Crippen LogP) is 5.44. The van der Waals surface area contributed by atoms with Crippen molar-refractivity contribution in [2.75, 3.05) is 0 Å². The Hall–Kier alpha value is 0.424. The molecule has 0 aliphatic carbocycles. The van der Waals surface area contributed by atoms with Crippen molar-refractivity contribution in [1.82, 2.24) is 0 Å². The van der Waals surface area contributed by atoms with E-state index in [0.717, 1.165) is 5.02 Å². The lowest BCUT2D eigenvalue weighted by Gasteiger charge is -2.39. The van der Waals surface area contributed by atoms with Crippen LogP contribution in [-0.2, 0) is 0 Å². The van der Waals surface area contributed by atoms with Crippen LogP contribution in [0.3, 0.4) is 0 Å². The zero-order chi connectivity index (χ0) is 12.6. The van der Waals surface area contributed by atoms with Gasteiger partial charge in [0.2, 0.25) is 0 Å². The molecule has 0 fully saturated rings. The van der Waals surface area contributed by atoms with Crippen molar-refractivity contribution in [2.45, 2.75) is 37.2 Å². The molecule has 0 aromatic heterocycles. The summed E-state index contributed by atoms with van der Waals surface area (Å²) in [7, 11) is -2.34. The van der Waals surface area contributed by atoms with E-state index in [1.165, 1.54) is 5.56 Å². The van der Waals surface area contributed by atoms with Gasteiger partial charge in [-0.2, -0.15) is 0 Å². The average Bonchev–Trinajstić information content (AvgIpc) is 2.16. The molecule has 1 atom stereocenters. The topological polar surface area (TPSA) is 0 Å². The first-order valence-electron chi connectivity index (χ1n) is 5.56. The zero-order valence-electron chi connectivity index (χ0n) is 10.6. The first kappa shape index (κ1) is 14.5. The third-order valence-electron chi connectivity index (χ3n) is 3.73. The lowest BCUT2D eigenvalue weighted by Crippen LogP contribution is -2.55. The van der Waals surface area contributed by atoms with E-state index in [2.05, 4.69) is 60.8 Å². The minimum absolute atomic E-state index is 0.531. The van der Waals surface area contributed by atoms with E-state index in [0.29, 0.717) is 4.45 Å². The van der Waals surface area contributed by atoms with Crippen LogP contribution in [0.25, 0.3) is 0 Å². The van der Waals surface area contributed by atoms with Gasteiger partial charge in [-0.1, -0.05) is 72.4 Å². The summed E-state index contributed by atoms with van der Waals surface area (Å²) in [5, 5.41) is 0.816. The van der Waals surface area contributed by atoms with Crippen LogP contribution in [0.15, 0.2) is 24.3 Å². The molecule has 0 spiro atoms. The highest BCUT2D eigenvalue weighted by Crippen LogP contribution is 2.38. The molecule has 0 N–H and O–H groups in total. The Balaban J connectivity index is 3.02. The summed E-state index contributed by atoms with van der Waals surface area (Å²) in [6.07, 6.45) is 0. The van der Waals surface area contributed by atoms with Gasteiger partial charge in [0.15, 0.2) is 0 Å². The van der Waals surface area contributed by atoms with Gasteiger partial charge < -0.3 is 0 Å². The molecule has 1 aromatic carbocycles. The van der Waals surface area contributed by atoms with Crippen molar-refractivity contribution in [2.24, 2.45) is 0 Å². The van der Waals surface area contributed by atoms with Crippen LogP contribution in [0, 0.1) is 0 Å². The summed E-state index contributed by atoms with van der Waals surface area (Å²) in [5.74, 6) is 0. The summed E-state index contributed by atoms with van der Waals surface area (Å²) in [6.45, 7) is 12.4. The molecule has 1 unspecified atom stereocenters. The van der Waals surface area contributed by atoms with Gasteiger partial charge in [-0.15, -0.1) is 0 Å². The molecular weight excluding hydrogens is 316 g/mol. The van der Waals surface area contributed by atoms with Crippen LogP contribution < -0.4 is 0 Å². The Bertz CT molecular complexity index is 354. The SMILES string of the molecule is C[Si](C)(C)[Si](C)(C)C(Br)c1ccc(Cl)cc1. The van der Waals surface area contributed by atoms with Gasteiger partial charge in [-0.3, -0.25) is 0 Å². The second-order valence-electron chi connectivity index (χ2n) is 5.89. The van der Waals surface area contributed by atoms with Gasteiger partial charge in [0.25, 0.3) is 0 Å². The first-order valence-corrected chi connectivity index (χ1v) is 14.4.